The van der Waals surface area contributed by atoms with Crippen molar-refractivity contribution in [1.29, 1.82) is 0 Å². The summed E-state index contributed by atoms with van der Waals surface area (Å²) in [5, 5.41) is 3.47. The van der Waals surface area contributed by atoms with Crippen LogP contribution in [0.2, 0.25) is 5.02 Å². The van der Waals surface area contributed by atoms with E-state index in [1.807, 2.05) is 56.3 Å². The number of amides is 2. The number of rotatable bonds is 8. The molecule has 0 aromatic heterocycles. The molecule has 0 aliphatic heterocycles. The number of carbonyl (C=O) groups excluding carboxylic acids is 2. The van der Waals surface area contributed by atoms with Gasteiger partial charge < -0.3 is 10.2 Å². The Labute approximate surface area is 160 Å². The van der Waals surface area contributed by atoms with Crippen LogP contribution >= 0.6 is 11.6 Å². The van der Waals surface area contributed by atoms with Crippen LogP contribution in [0.25, 0.3) is 0 Å². The Hall–Kier alpha value is -2.33. The maximum absolute atomic E-state index is 13.0. The first-order valence-electron chi connectivity index (χ1n) is 8.90. The minimum atomic E-state index is -0.491. The number of halogens is 1. The summed E-state index contributed by atoms with van der Waals surface area (Å²) in [6.07, 6.45) is 0.797. The van der Waals surface area contributed by atoms with E-state index in [0.29, 0.717) is 24.5 Å². The van der Waals surface area contributed by atoms with Gasteiger partial charge in [0.25, 0.3) is 0 Å². The van der Waals surface area contributed by atoms with Crippen molar-refractivity contribution in [2.45, 2.75) is 39.3 Å². The summed E-state index contributed by atoms with van der Waals surface area (Å²) >= 11 is 5.92. The number of nitrogens with one attached hydrogen (secondary N) is 1. The molecule has 1 atom stereocenters. The fraction of sp³-hybridized carbons (Fsp3) is 0.333. The third kappa shape index (κ3) is 5.60. The molecule has 5 heteroatoms. The summed E-state index contributed by atoms with van der Waals surface area (Å²) in [6, 6.07) is 16.5. The lowest BCUT2D eigenvalue weighted by Gasteiger charge is -2.30. The van der Waals surface area contributed by atoms with Gasteiger partial charge in [-0.25, -0.2) is 0 Å². The molecule has 2 aromatic carbocycles. The molecular weight excluding hydrogens is 348 g/mol. The van der Waals surface area contributed by atoms with Crippen LogP contribution in [0.3, 0.4) is 0 Å². The Morgan fingerprint density at radius 3 is 2.23 bits per heavy atom. The third-order valence-electron chi connectivity index (χ3n) is 4.20. The highest BCUT2D eigenvalue weighted by molar-refractivity contribution is 6.30. The minimum Gasteiger partial charge on any atom is -0.355 e. The van der Waals surface area contributed by atoms with E-state index in [1.165, 1.54) is 0 Å². The standard InChI is InChI=1S/C21H25ClN2O2/c1-3-19(21(26)23-4-2)24(15-17-8-6-5-7-9-17)20(25)14-16-10-12-18(22)13-11-16/h5-13,19H,3-4,14-15H2,1-2H3,(H,23,26)/t19-/m0/s1. The highest BCUT2D eigenvalue weighted by Gasteiger charge is 2.28. The molecular formula is C21H25ClN2O2. The van der Waals surface area contributed by atoms with Gasteiger partial charge in [0.1, 0.15) is 6.04 Å². The summed E-state index contributed by atoms with van der Waals surface area (Å²) in [5.74, 6) is -0.190. The number of likely N-dealkylation sites (N-methyl/N-ethyl adjacent to an activating group) is 1. The topological polar surface area (TPSA) is 49.4 Å². The molecule has 2 rings (SSSR count). The molecule has 2 amide bonds. The second kappa shape index (κ2) is 9.97. The quantitative estimate of drug-likeness (QED) is 0.765. The Balaban J connectivity index is 2.24. The van der Waals surface area contributed by atoms with Crippen LogP contribution in [-0.4, -0.2) is 29.3 Å². The zero-order valence-corrected chi connectivity index (χ0v) is 16.0. The predicted molar refractivity (Wildman–Crippen MR) is 105 cm³/mol. The number of hydrogen-bond acceptors (Lipinski definition) is 2. The van der Waals surface area contributed by atoms with E-state index in [9.17, 15) is 9.59 Å². The van der Waals surface area contributed by atoms with Crippen molar-refractivity contribution in [3.63, 3.8) is 0 Å². The van der Waals surface area contributed by atoms with Crippen LogP contribution in [0.1, 0.15) is 31.4 Å². The first-order chi connectivity index (χ1) is 12.5. The zero-order chi connectivity index (χ0) is 18.9. The molecule has 26 heavy (non-hydrogen) atoms. The van der Waals surface area contributed by atoms with Crippen molar-refractivity contribution in [3.8, 4) is 0 Å². The van der Waals surface area contributed by atoms with Crippen molar-refractivity contribution in [3.05, 3.63) is 70.7 Å². The van der Waals surface area contributed by atoms with Crippen molar-refractivity contribution in [1.82, 2.24) is 10.2 Å². The van der Waals surface area contributed by atoms with E-state index in [0.717, 1.165) is 11.1 Å². The van der Waals surface area contributed by atoms with Gasteiger partial charge >= 0.3 is 0 Å². The van der Waals surface area contributed by atoms with E-state index in [-0.39, 0.29) is 18.2 Å². The van der Waals surface area contributed by atoms with Gasteiger partial charge in [-0.05, 0) is 36.6 Å². The molecule has 0 spiro atoms. The predicted octanol–water partition coefficient (Wildman–Crippen LogP) is 3.83. The monoisotopic (exact) mass is 372 g/mol. The Kier molecular flexibility index (Phi) is 7.67. The summed E-state index contributed by atoms with van der Waals surface area (Å²) < 4.78 is 0. The molecule has 0 radical (unpaired) electrons. The number of carbonyl (C=O) groups is 2. The highest BCUT2D eigenvalue weighted by Crippen LogP contribution is 2.16. The Bertz CT molecular complexity index is 717. The molecule has 2 aromatic rings. The SMILES string of the molecule is CCNC(=O)[C@H](CC)N(Cc1ccccc1)C(=O)Cc1ccc(Cl)cc1. The lowest BCUT2D eigenvalue weighted by Crippen LogP contribution is -2.49. The van der Waals surface area contributed by atoms with Gasteiger partial charge in [0.05, 0.1) is 6.42 Å². The first kappa shape index (κ1) is 20.0. The summed E-state index contributed by atoms with van der Waals surface area (Å²) in [4.78, 5) is 27.2. The molecule has 0 bridgehead atoms. The van der Waals surface area contributed by atoms with Crippen molar-refractivity contribution in [2.75, 3.05) is 6.54 Å². The van der Waals surface area contributed by atoms with Crippen LogP contribution in [-0.2, 0) is 22.6 Å². The second-order valence-corrected chi connectivity index (χ2v) is 6.57. The Morgan fingerprint density at radius 1 is 1.00 bits per heavy atom. The van der Waals surface area contributed by atoms with Gasteiger partial charge in [0.2, 0.25) is 11.8 Å². The van der Waals surface area contributed by atoms with Crippen LogP contribution in [0.5, 0.6) is 0 Å². The van der Waals surface area contributed by atoms with Crippen molar-refractivity contribution >= 4 is 23.4 Å². The van der Waals surface area contributed by atoms with Gasteiger partial charge in [-0.1, -0.05) is 61.0 Å². The van der Waals surface area contributed by atoms with E-state index in [1.54, 1.807) is 17.0 Å². The average molecular weight is 373 g/mol. The lowest BCUT2D eigenvalue weighted by atomic mass is 10.1. The molecule has 0 saturated heterocycles. The minimum absolute atomic E-state index is 0.0747. The van der Waals surface area contributed by atoms with Gasteiger partial charge in [0, 0.05) is 18.1 Å². The summed E-state index contributed by atoms with van der Waals surface area (Å²) in [5.41, 5.74) is 1.88. The fourth-order valence-electron chi connectivity index (χ4n) is 2.87. The molecule has 4 nitrogen and oxygen atoms in total. The largest absolute Gasteiger partial charge is 0.355 e. The van der Waals surface area contributed by atoms with Crippen LogP contribution in [0, 0.1) is 0 Å². The highest BCUT2D eigenvalue weighted by atomic mass is 35.5. The lowest BCUT2D eigenvalue weighted by molar-refractivity contribution is -0.140. The third-order valence-corrected chi connectivity index (χ3v) is 4.45. The van der Waals surface area contributed by atoms with Gasteiger partial charge in [-0.15, -0.1) is 0 Å². The molecule has 0 heterocycles. The van der Waals surface area contributed by atoms with Crippen LogP contribution in [0.15, 0.2) is 54.6 Å². The molecule has 0 aliphatic rings. The van der Waals surface area contributed by atoms with Crippen LogP contribution < -0.4 is 5.32 Å². The van der Waals surface area contributed by atoms with E-state index >= 15 is 0 Å². The summed E-state index contributed by atoms with van der Waals surface area (Å²) in [6.45, 7) is 4.75. The molecule has 1 N–H and O–H groups in total. The molecule has 0 aliphatic carbocycles. The normalized spacial score (nSPS) is 11.7. The van der Waals surface area contributed by atoms with Crippen molar-refractivity contribution in [2.24, 2.45) is 0 Å². The molecule has 0 saturated carbocycles. The number of hydrogen-bond donors (Lipinski definition) is 1. The number of benzene rings is 2. The molecule has 0 unspecified atom stereocenters. The zero-order valence-electron chi connectivity index (χ0n) is 15.2. The van der Waals surface area contributed by atoms with Gasteiger partial charge in [-0.2, -0.15) is 0 Å². The first-order valence-corrected chi connectivity index (χ1v) is 9.28. The van der Waals surface area contributed by atoms with E-state index in [2.05, 4.69) is 5.32 Å². The molecule has 0 fully saturated rings. The van der Waals surface area contributed by atoms with Crippen molar-refractivity contribution < 1.29 is 9.59 Å². The van der Waals surface area contributed by atoms with Gasteiger partial charge in [0.15, 0.2) is 0 Å². The fourth-order valence-corrected chi connectivity index (χ4v) is 3.00. The maximum atomic E-state index is 13.0. The van der Waals surface area contributed by atoms with Gasteiger partial charge in [-0.3, -0.25) is 9.59 Å². The van der Waals surface area contributed by atoms with E-state index < -0.39 is 6.04 Å². The second-order valence-electron chi connectivity index (χ2n) is 6.13. The smallest absolute Gasteiger partial charge is 0.242 e. The average Bonchev–Trinajstić information content (AvgIpc) is 2.64. The van der Waals surface area contributed by atoms with Crippen LogP contribution in [0.4, 0.5) is 0 Å². The molecule has 138 valence electrons. The summed E-state index contributed by atoms with van der Waals surface area (Å²) in [7, 11) is 0. The Morgan fingerprint density at radius 2 is 1.65 bits per heavy atom. The van der Waals surface area contributed by atoms with E-state index in [4.69, 9.17) is 11.6 Å². The maximum Gasteiger partial charge on any atom is 0.242 e. The number of nitrogens with zero attached hydrogens (tertiary/aromatic N) is 1.